The Balaban J connectivity index is 2.71. The number of hydrogen-bond acceptors (Lipinski definition) is 2. The number of aryl methyl sites for hydroxylation is 1. The molecule has 1 aromatic heterocycles. The van der Waals surface area contributed by atoms with Gasteiger partial charge in [0.25, 0.3) is 0 Å². The Hall–Kier alpha value is -1.06. The highest BCUT2D eigenvalue weighted by molar-refractivity contribution is 6.34. The average molecular weight is 224 g/mol. The quantitative estimate of drug-likeness (QED) is 0.807. The second-order valence-corrected chi connectivity index (χ2v) is 4.73. The van der Waals surface area contributed by atoms with Crippen LogP contribution in [0.1, 0.15) is 19.4 Å². The Bertz CT molecular complexity index is 508. The fourth-order valence-corrected chi connectivity index (χ4v) is 1.89. The van der Waals surface area contributed by atoms with Gasteiger partial charge in [-0.3, -0.25) is 4.68 Å². The van der Waals surface area contributed by atoms with Crippen LogP contribution in [0.4, 0.5) is 0 Å². The lowest BCUT2D eigenvalue weighted by atomic mass is 9.95. The minimum absolute atomic E-state index is 0.342. The van der Waals surface area contributed by atoms with Crippen LogP contribution < -0.4 is 5.73 Å². The summed E-state index contributed by atoms with van der Waals surface area (Å²) in [6.07, 6.45) is 0. The first-order valence-electron chi connectivity index (χ1n) is 4.81. The molecule has 0 spiro atoms. The smallest absolute Gasteiger partial charge is 0.158 e. The summed E-state index contributed by atoms with van der Waals surface area (Å²) in [7, 11) is 1.88. The van der Waals surface area contributed by atoms with Crippen LogP contribution in [-0.4, -0.2) is 9.78 Å². The first kappa shape index (κ1) is 10.5. The Morgan fingerprint density at radius 2 is 2.07 bits per heavy atom. The molecule has 0 saturated carbocycles. The molecule has 0 aliphatic heterocycles. The van der Waals surface area contributed by atoms with Crippen molar-refractivity contribution in [1.82, 2.24) is 9.78 Å². The first-order valence-corrected chi connectivity index (χ1v) is 5.19. The molecular weight excluding hydrogens is 210 g/mol. The molecule has 0 radical (unpaired) electrons. The third-order valence-corrected chi connectivity index (χ3v) is 2.83. The molecule has 80 valence electrons. The van der Waals surface area contributed by atoms with Crippen LogP contribution in [0.15, 0.2) is 18.2 Å². The van der Waals surface area contributed by atoms with Crippen molar-refractivity contribution < 1.29 is 0 Å². The standard InChI is InChI=1S/C11H14ClN3/c1-11(2,13)7-4-5-8-9(6-7)15(3)14-10(8)12/h4-6H,13H2,1-3H3. The molecule has 1 aromatic carbocycles. The van der Waals surface area contributed by atoms with Gasteiger partial charge >= 0.3 is 0 Å². The molecule has 2 N–H and O–H groups in total. The summed E-state index contributed by atoms with van der Waals surface area (Å²) in [5.41, 5.74) is 7.79. The summed E-state index contributed by atoms with van der Waals surface area (Å²) < 4.78 is 1.77. The van der Waals surface area contributed by atoms with Crippen LogP contribution in [0.3, 0.4) is 0 Å². The van der Waals surface area contributed by atoms with E-state index in [4.69, 9.17) is 17.3 Å². The summed E-state index contributed by atoms with van der Waals surface area (Å²) >= 11 is 5.98. The Kier molecular flexibility index (Phi) is 2.24. The summed E-state index contributed by atoms with van der Waals surface area (Å²) in [6.45, 7) is 3.96. The van der Waals surface area contributed by atoms with E-state index in [1.54, 1.807) is 4.68 Å². The van der Waals surface area contributed by atoms with Crippen LogP contribution in [0.5, 0.6) is 0 Å². The van der Waals surface area contributed by atoms with Gasteiger partial charge in [0.2, 0.25) is 0 Å². The van der Waals surface area contributed by atoms with Crippen LogP contribution in [0.25, 0.3) is 10.9 Å². The van der Waals surface area contributed by atoms with E-state index in [-0.39, 0.29) is 5.54 Å². The molecule has 0 saturated heterocycles. The van der Waals surface area contributed by atoms with Crippen molar-refractivity contribution in [2.24, 2.45) is 12.8 Å². The molecule has 0 fully saturated rings. The molecule has 0 unspecified atom stereocenters. The van der Waals surface area contributed by atoms with Crippen LogP contribution >= 0.6 is 11.6 Å². The maximum atomic E-state index is 6.04. The molecule has 0 atom stereocenters. The van der Waals surface area contributed by atoms with Gasteiger partial charge in [0.05, 0.1) is 5.52 Å². The van der Waals surface area contributed by atoms with Gasteiger partial charge in [-0.25, -0.2) is 0 Å². The van der Waals surface area contributed by atoms with E-state index in [1.165, 1.54) is 0 Å². The maximum Gasteiger partial charge on any atom is 0.158 e. The van der Waals surface area contributed by atoms with Gasteiger partial charge in [0.1, 0.15) is 0 Å². The Morgan fingerprint density at radius 1 is 1.40 bits per heavy atom. The third-order valence-electron chi connectivity index (χ3n) is 2.55. The van der Waals surface area contributed by atoms with Crippen molar-refractivity contribution in [3.8, 4) is 0 Å². The summed E-state index contributed by atoms with van der Waals surface area (Å²) in [4.78, 5) is 0. The molecule has 0 aliphatic rings. The fourth-order valence-electron chi connectivity index (χ4n) is 1.61. The lowest BCUT2D eigenvalue weighted by molar-refractivity contribution is 0.555. The van der Waals surface area contributed by atoms with E-state index in [0.29, 0.717) is 5.15 Å². The van der Waals surface area contributed by atoms with Gasteiger partial charge in [-0.05, 0) is 31.5 Å². The van der Waals surface area contributed by atoms with Crippen molar-refractivity contribution in [2.45, 2.75) is 19.4 Å². The third kappa shape index (κ3) is 1.73. The SMILES string of the molecule is Cn1nc(Cl)c2ccc(C(C)(C)N)cc21. The Labute approximate surface area is 93.8 Å². The van der Waals surface area contributed by atoms with Crippen molar-refractivity contribution in [3.63, 3.8) is 0 Å². The minimum atomic E-state index is -0.342. The lowest BCUT2D eigenvalue weighted by Gasteiger charge is -2.19. The van der Waals surface area contributed by atoms with Gasteiger partial charge in [0, 0.05) is 18.0 Å². The van der Waals surface area contributed by atoms with Gasteiger partial charge in [-0.1, -0.05) is 17.7 Å². The molecule has 0 aliphatic carbocycles. The van der Waals surface area contributed by atoms with E-state index in [2.05, 4.69) is 5.10 Å². The zero-order chi connectivity index (χ0) is 11.2. The number of nitrogens with two attached hydrogens (primary N) is 1. The van der Waals surface area contributed by atoms with E-state index < -0.39 is 0 Å². The van der Waals surface area contributed by atoms with Gasteiger partial charge in [-0.15, -0.1) is 0 Å². The molecule has 1 heterocycles. The molecule has 3 nitrogen and oxygen atoms in total. The van der Waals surface area contributed by atoms with Crippen LogP contribution in [0.2, 0.25) is 5.15 Å². The highest BCUT2D eigenvalue weighted by Gasteiger charge is 2.16. The van der Waals surface area contributed by atoms with E-state index >= 15 is 0 Å². The van der Waals surface area contributed by atoms with Crippen molar-refractivity contribution >= 4 is 22.5 Å². The topological polar surface area (TPSA) is 43.8 Å². The first-order chi connectivity index (χ1) is 6.89. The molecule has 0 amide bonds. The average Bonchev–Trinajstić information content (AvgIpc) is 2.41. The Morgan fingerprint density at radius 3 is 2.67 bits per heavy atom. The predicted octanol–water partition coefficient (Wildman–Crippen LogP) is 2.42. The second-order valence-electron chi connectivity index (χ2n) is 4.37. The summed E-state index contributed by atoms with van der Waals surface area (Å²) in [5, 5.41) is 5.66. The molecule has 15 heavy (non-hydrogen) atoms. The van der Waals surface area contributed by atoms with Crippen LogP contribution in [-0.2, 0) is 12.6 Å². The number of hydrogen-bond donors (Lipinski definition) is 1. The van der Waals surface area contributed by atoms with Gasteiger partial charge in [-0.2, -0.15) is 5.10 Å². The van der Waals surface area contributed by atoms with Crippen molar-refractivity contribution in [3.05, 3.63) is 28.9 Å². The zero-order valence-electron chi connectivity index (χ0n) is 9.08. The largest absolute Gasteiger partial charge is 0.322 e. The fraction of sp³-hybridized carbons (Fsp3) is 0.364. The summed E-state index contributed by atoms with van der Waals surface area (Å²) in [5.74, 6) is 0. The molecule has 2 rings (SSSR count). The van der Waals surface area contributed by atoms with Gasteiger partial charge in [0.15, 0.2) is 5.15 Å². The lowest BCUT2D eigenvalue weighted by Crippen LogP contribution is -2.28. The van der Waals surface area contributed by atoms with Crippen molar-refractivity contribution in [1.29, 1.82) is 0 Å². The monoisotopic (exact) mass is 223 g/mol. The van der Waals surface area contributed by atoms with Gasteiger partial charge < -0.3 is 5.73 Å². The molecule has 4 heteroatoms. The van der Waals surface area contributed by atoms with Crippen LogP contribution in [0, 0.1) is 0 Å². The minimum Gasteiger partial charge on any atom is -0.322 e. The highest BCUT2D eigenvalue weighted by Crippen LogP contribution is 2.26. The highest BCUT2D eigenvalue weighted by atomic mass is 35.5. The molecular formula is C11H14ClN3. The molecule has 0 bridgehead atoms. The van der Waals surface area contributed by atoms with Crippen molar-refractivity contribution in [2.75, 3.05) is 0 Å². The number of nitrogens with zero attached hydrogens (tertiary/aromatic N) is 2. The number of rotatable bonds is 1. The number of halogens is 1. The van der Waals surface area contributed by atoms with E-state index in [0.717, 1.165) is 16.5 Å². The maximum absolute atomic E-state index is 6.04. The molecule has 2 aromatic rings. The second kappa shape index (κ2) is 3.22. The summed E-state index contributed by atoms with van der Waals surface area (Å²) in [6, 6.07) is 6.00. The van der Waals surface area contributed by atoms with E-state index in [1.807, 2.05) is 39.1 Å². The van der Waals surface area contributed by atoms with E-state index in [9.17, 15) is 0 Å². The number of benzene rings is 1. The normalized spacial score (nSPS) is 12.3. The predicted molar refractivity (Wildman–Crippen MR) is 62.9 cm³/mol. The number of fused-ring (bicyclic) bond motifs is 1. The number of aromatic nitrogens is 2. The zero-order valence-corrected chi connectivity index (χ0v) is 9.84.